The Morgan fingerprint density at radius 1 is 1.38 bits per heavy atom. The molecule has 0 aromatic heterocycles. The number of carbonyl (C=O) groups is 1. The van der Waals surface area contributed by atoms with E-state index in [1.54, 1.807) is 11.8 Å². The lowest BCUT2D eigenvalue weighted by atomic mass is 10.2. The molecule has 1 aromatic rings. The lowest BCUT2D eigenvalue weighted by Crippen LogP contribution is -2.15. The van der Waals surface area contributed by atoms with Crippen LogP contribution in [0.1, 0.15) is 19.4 Å². The van der Waals surface area contributed by atoms with E-state index in [0.29, 0.717) is 11.7 Å². The van der Waals surface area contributed by atoms with Crippen molar-refractivity contribution in [2.24, 2.45) is 5.92 Å². The first-order chi connectivity index (χ1) is 7.59. The van der Waals surface area contributed by atoms with Crippen molar-refractivity contribution in [2.75, 3.05) is 16.8 Å². The molecule has 0 aliphatic heterocycles. The number of anilines is 1. The predicted molar refractivity (Wildman–Crippen MR) is 72.0 cm³/mol. The summed E-state index contributed by atoms with van der Waals surface area (Å²) in [7, 11) is 0. The highest BCUT2D eigenvalue weighted by Crippen LogP contribution is 2.14. The van der Waals surface area contributed by atoms with Crippen LogP contribution in [0.15, 0.2) is 24.3 Å². The van der Waals surface area contributed by atoms with E-state index in [9.17, 15) is 4.79 Å². The topological polar surface area (TPSA) is 29.1 Å². The molecule has 16 heavy (non-hydrogen) atoms. The number of amides is 1. The molecule has 0 saturated heterocycles. The van der Waals surface area contributed by atoms with Gasteiger partial charge < -0.3 is 5.32 Å². The second-order valence-corrected chi connectivity index (χ2v) is 5.30. The largest absolute Gasteiger partial charge is 0.325 e. The number of para-hydroxylation sites is 1. The number of hydrogen-bond acceptors (Lipinski definition) is 2. The molecule has 88 valence electrons. The van der Waals surface area contributed by atoms with E-state index in [0.717, 1.165) is 17.0 Å². The fourth-order valence-electron chi connectivity index (χ4n) is 1.29. The molecule has 0 heterocycles. The van der Waals surface area contributed by atoms with Gasteiger partial charge in [0.25, 0.3) is 0 Å². The number of carbonyl (C=O) groups excluding carboxylic acids is 1. The minimum atomic E-state index is 0.0833. The lowest BCUT2D eigenvalue weighted by molar-refractivity contribution is -0.113. The van der Waals surface area contributed by atoms with Gasteiger partial charge in [-0.05, 0) is 30.2 Å². The third-order valence-corrected chi connectivity index (χ3v) is 3.47. The van der Waals surface area contributed by atoms with E-state index in [2.05, 4.69) is 19.2 Å². The molecule has 1 N–H and O–H groups in total. The summed E-state index contributed by atoms with van der Waals surface area (Å²) in [6.07, 6.45) is 0. The van der Waals surface area contributed by atoms with Crippen LogP contribution in [-0.2, 0) is 4.79 Å². The molecule has 1 aromatic carbocycles. The molecular formula is C13H19NOS. The van der Waals surface area contributed by atoms with Gasteiger partial charge in [-0.2, -0.15) is 11.8 Å². The number of benzene rings is 1. The molecule has 2 nitrogen and oxygen atoms in total. The number of thioether (sulfide) groups is 1. The minimum absolute atomic E-state index is 0.0833. The molecule has 0 aliphatic rings. The van der Waals surface area contributed by atoms with Crippen LogP contribution in [0.4, 0.5) is 5.69 Å². The van der Waals surface area contributed by atoms with E-state index < -0.39 is 0 Å². The smallest absolute Gasteiger partial charge is 0.234 e. The second-order valence-electron chi connectivity index (χ2n) is 4.27. The molecule has 3 heteroatoms. The summed E-state index contributed by atoms with van der Waals surface area (Å²) in [5.74, 6) is 2.28. The molecule has 0 fully saturated rings. The van der Waals surface area contributed by atoms with Crippen LogP contribution in [0, 0.1) is 12.8 Å². The van der Waals surface area contributed by atoms with Crippen molar-refractivity contribution in [3.63, 3.8) is 0 Å². The van der Waals surface area contributed by atoms with Crippen molar-refractivity contribution in [1.82, 2.24) is 0 Å². The first-order valence-corrected chi connectivity index (χ1v) is 6.68. The molecule has 0 atom stereocenters. The number of aryl methyl sites for hydroxylation is 1. The average Bonchev–Trinajstić information content (AvgIpc) is 2.21. The Labute approximate surface area is 102 Å². The third kappa shape index (κ3) is 4.71. The van der Waals surface area contributed by atoms with Crippen LogP contribution in [0.25, 0.3) is 0 Å². The first kappa shape index (κ1) is 13.1. The van der Waals surface area contributed by atoms with E-state index in [4.69, 9.17) is 0 Å². The number of rotatable bonds is 5. The zero-order valence-corrected chi connectivity index (χ0v) is 10.9. The quantitative estimate of drug-likeness (QED) is 0.851. The maximum absolute atomic E-state index is 11.6. The van der Waals surface area contributed by atoms with Gasteiger partial charge in [0.1, 0.15) is 0 Å². The Hall–Kier alpha value is -0.960. The summed E-state index contributed by atoms with van der Waals surface area (Å²) in [6.45, 7) is 6.31. The number of nitrogens with one attached hydrogen (secondary N) is 1. The Morgan fingerprint density at radius 3 is 2.69 bits per heavy atom. The van der Waals surface area contributed by atoms with Gasteiger partial charge in [0.2, 0.25) is 5.91 Å². The van der Waals surface area contributed by atoms with Crippen molar-refractivity contribution in [3.05, 3.63) is 29.8 Å². The standard InChI is InChI=1S/C13H19NOS/c1-10(2)8-16-9-13(15)14-12-7-5-4-6-11(12)3/h4-7,10H,8-9H2,1-3H3,(H,14,15). The minimum Gasteiger partial charge on any atom is -0.325 e. The van der Waals surface area contributed by atoms with Crippen molar-refractivity contribution < 1.29 is 4.79 Å². The zero-order chi connectivity index (χ0) is 12.0. The maximum Gasteiger partial charge on any atom is 0.234 e. The van der Waals surface area contributed by atoms with Crippen molar-refractivity contribution in [1.29, 1.82) is 0 Å². The molecule has 1 rings (SSSR count). The van der Waals surface area contributed by atoms with Gasteiger partial charge in [-0.25, -0.2) is 0 Å². The van der Waals surface area contributed by atoms with Gasteiger partial charge in [0.05, 0.1) is 5.75 Å². The molecule has 0 bridgehead atoms. The summed E-state index contributed by atoms with van der Waals surface area (Å²) in [4.78, 5) is 11.6. The fraction of sp³-hybridized carbons (Fsp3) is 0.462. The first-order valence-electron chi connectivity index (χ1n) is 5.53. The monoisotopic (exact) mass is 237 g/mol. The van der Waals surface area contributed by atoms with Crippen LogP contribution >= 0.6 is 11.8 Å². The van der Waals surface area contributed by atoms with Gasteiger partial charge in [-0.3, -0.25) is 4.79 Å². The van der Waals surface area contributed by atoms with E-state index in [1.165, 1.54) is 0 Å². The van der Waals surface area contributed by atoms with E-state index in [-0.39, 0.29) is 5.91 Å². The Bertz CT molecular complexity index is 350. The Morgan fingerprint density at radius 2 is 2.06 bits per heavy atom. The maximum atomic E-state index is 11.6. The van der Waals surface area contributed by atoms with Crippen molar-refractivity contribution >= 4 is 23.4 Å². The van der Waals surface area contributed by atoms with Crippen LogP contribution in [0.2, 0.25) is 0 Å². The molecule has 0 spiro atoms. The predicted octanol–water partition coefficient (Wildman–Crippen LogP) is 3.32. The van der Waals surface area contributed by atoms with Gasteiger partial charge in [-0.1, -0.05) is 32.0 Å². The normalized spacial score (nSPS) is 10.5. The third-order valence-electron chi connectivity index (χ3n) is 2.10. The summed E-state index contributed by atoms with van der Waals surface area (Å²) < 4.78 is 0. The fourth-order valence-corrected chi connectivity index (χ4v) is 2.13. The summed E-state index contributed by atoms with van der Waals surface area (Å²) in [5, 5.41) is 2.92. The van der Waals surface area contributed by atoms with Crippen LogP contribution in [0.5, 0.6) is 0 Å². The van der Waals surface area contributed by atoms with Gasteiger partial charge in [0, 0.05) is 5.69 Å². The molecular weight excluding hydrogens is 218 g/mol. The van der Waals surface area contributed by atoms with E-state index >= 15 is 0 Å². The summed E-state index contributed by atoms with van der Waals surface area (Å²) in [6, 6.07) is 7.83. The van der Waals surface area contributed by atoms with Gasteiger partial charge in [0.15, 0.2) is 0 Å². The molecule has 0 saturated carbocycles. The SMILES string of the molecule is Cc1ccccc1NC(=O)CSCC(C)C. The molecule has 1 amide bonds. The average molecular weight is 237 g/mol. The number of hydrogen-bond donors (Lipinski definition) is 1. The highest BCUT2D eigenvalue weighted by Gasteiger charge is 2.04. The van der Waals surface area contributed by atoms with Gasteiger partial charge in [-0.15, -0.1) is 0 Å². The highest BCUT2D eigenvalue weighted by molar-refractivity contribution is 7.99. The lowest BCUT2D eigenvalue weighted by Gasteiger charge is -2.08. The van der Waals surface area contributed by atoms with Crippen molar-refractivity contribution in [2.45, 2.75) is 20.8 Å². The highest BCUT2D eigenvalue weighted by atomic mass is 32.2. The van der Waals surface area contributed by atoms with Gasteiger partial charge >= 0.3 is 0 Å². The zero-order valence-electron chi connectivity index (χ0n) is 10.1. The molecule has 0 unspecified atom stereocenters. The Kier molecular flexibility index (Phi) is 5.39. The second kappa shape index (κ2) is 6.59. The van der Waals surface area contributed by atoms with Crippen molar-refractivity contribution in [3.8, 4) is 0 Å². The molecule has 0 radical (unpaired) electrons. The van der Waals surface area contributed by atoms with Crippen LogP contribution in [-0.4, -0.2) is 17.4 Å². The Balaban J connectivity index is 2.37. The van der Waals surface area contributed by atoms with E-state index in [1.807, 2.05) is 31.2 Å². The summed E-state index contributed by atoms with van der Waals surface area (Å²) in [5.41, 5.74) is 2.02. The van der Waals surface area contributed by atoms with Crippen LogP contribution in [0.3, 0.4) is 0 Å². The van der Waals surface area contributed by atoms with Crippen LogP contribution < -0.4 is 5.32 Å². The summed E-state index contributed by atoms with van der Waals surface area (Å²) >= 11 is 1.68. The molecule has 0 aliphatic carbocycles.